The first kappa shape index (κ1) is 18.2. The number of hydrogen-bond acceptors (Lipinski definition) is 7. The van der Waals surface area contributed by atoms with Crippen LogP contribution in [0.1, 0.15) is 19.0 Å². The van der Waals surface area contributed by atoms with Gasteiger partial charge >= 0.3 is 0 Å². The maximum atomic E-state index is 10.6. The lowest BCUT2D eigenvalue weighted by Crippen LogP contribution is -2.43. The van der Waals surface area contributed by atoms with Gasteiger partial charge in [0.15, 0.2) is 6.23 Å². The van der Waals surface area contributed by atoms with E-state index in [9.17, 15) is 4.79 Å². The van der Waals surface area contributed by atoms with Crippen LogP contribution < -0.4 is 10.6 Å². The summed E-state index contributed by atoms with van der Waals surface area (Å²) in [5.74, 6) is 0. The first-order valence-corrected chi connectivity index (χ1v) is 9.83. The van der Waals surface area contributed by atoms with E-state index in [1.165, 1.54) is 11.3 Å². The fraction of sp³-hybridized carbons (Fsp3) is 0.389. The molecular weight excluding hydrogens is 386 g/mol. The highest BCUT2D eigenvalue weighted by Crippen LogP contribution is 2.38. The molecule has 2 unspecified atom stereocenters. The third-order valence-electron chi connectivity index (χ3n) is 5.21. The number of fused-ring (bicyclic) bond motifs is 1. The Hall–Kier alpha value is -2.16. The van der Waals surface area contributed by atoms with E-state index in [2.05, 4.69) is 4.90 Å². The summed E-state index contributed by atoms with van der Waals surface area (Å²) in [4.78, 5) is 18.3. The Labute approximate surface area is 165 Å². The molecule has 1 aliphatic rings. The number of nitrogens with zero attached hydrogens (tertiary/aromatic N) is 4. The molecule has 1 aliphatic heterocycles. The Morgan fingerprint density at radius 2 is 2.22 bits per heavy atom. The largest absolute Gasteiger partial charge is 0.448 e. The summed E-state index contributed by atoms with van der Waals surface area (Å²) < 4.78 is 6.83. The molecule has 7 nitrogen and oxygen atoms in total. The summed E-state index contributed by atoms with van der Waals surface area (Å²) >= 11 is 7.85. The third kappa shape index (κ3) is 3.07. The molecule has 1 aromatic carbocycles. The molecule has 0 amide bonds. The van der Waals surface area contributed by atoms with Crippen LogP contribution in [0.3, 0.4) is 0 Å². The Balaban J connectivity index is 1.63. The number of aromatic nitrogens is 3. The van der Waals surface area contributed by atoms with E-state index < -0.39 is 6.23 Å². The minimum atomic E-state index is -0.627. The first-order valence-electron chi connectivity index (χ1n) is 8.63. The second-order valence-electron chi connectivity index (χ2n) is 7.08. The zero-order valence-electron chi connectivity index (χ0n) is 15.1. The van der Waals surface area contributed by atoms with E-state index in [4.69, 9.17) is 32.2 Å². The second-order valence-corrected chi connectivity index (χ2v) is 8.42. The average Bonchev–Trinajstić information content (AvgIpc) is 3.31. The van der Waals surface area contributed by atoms with Crippen LogP contribution in [0, 0.1) is 12.3 Å². The smallest absolute Gasteiger partial charge is 0.294 e. The summed E-state index contributed by atoms with van der Waals surface area (Å²) in [5, 5.41) is 6.30. The summed E-state index contributed by atoms with van der Waals surface area (Å²) in [5.41, 5.74) is 8.41. The van der Waals surface area contributed by atoms with Crippen LogP contribution >= 0.6 is 22.9 Å². The van der Waals surface area contributed by atoms with Crippen molar-refractivity contribution < 1.29 is 9.53 Å². The molecule has 2 N–H and O–H groups in total. The van der Waals surface area contributed by atoms with Crippen molar-refractivity contribution in [3.8, 4) is 11.3 Å². The van der Waals surface area contributed by atoms with Gasteiger partial charge in [0.2, 0.25) is 10.1 Å². The number of carbonyl (C=O) groups is 1. The molecule has 9 heteroatoms. The maximum absolute atomic E-state index is 10.6. The monoisotopic (exact) mass is 405 g/mol. The molecule has 2 atom stereocenters. The summed E-state index contributed by atoms with van der Waals surface area (Å²) in [6, 6.07) is 7.67. The van der Waals surface area contributed by atoms with Gasteiger partial charge in [-0.2, -0.15) is 0 Å². The maximum Gasteiger partial charge on any atom is 0.294 e. The highest BCUT2D eigenvalue weighted by atomic mass is 35.5. The summed E-state index contributed by atoms with van der Waals surface area (Å²) in [6.45, 7) is 5.91. The van der Waals surface area contributed by atoms with Crippen molar-refractivity contribution in [1.82, 2.24) is 14.6 Å². The highest BCUT2D eigenvalue weighted by molar-refractivity contribution is 7.20. The zero-order valence-corrected chi connectivity index (χ0v) is 16.6. The van der Waals surface area contributed by atoms with E-state index in [0.717, 1.165) is 40.0 Å². The van der Waals surface area contributed by atoms with Crippen LogP contribution in [0.2, 0.25) is 5.02 Å². The number of nitrogens with two attached hydrogens (primary N) is 1. The Morgan fingerprint density at radius 3 is 2.93 bits per heavy atom. The molecule has 1 fully saturated rings. The molecule has 0 bridgehead atoms. The van der Waals surface area contributed by atoms with Crippen LogP contribution in [0.25, 0.3) is 16.2 Å². The first-order chi connectivity index (χ1) is 12.9. The van der Waals surface area contributed by atoms with Gasteiger partial charge in [0.1, 0.15) is 0 Å². The number of ether oxygens (including phenoxy) is 1. The molecule has 0 spiro atoms. The molecule has 27 heavy (non-hydrogen) atoms. The number of aryl methyl sites for hydroxylation is 1. The fourth-order valence-corrected chi connectivity index (χ4v) is 4.68. The SMILES string of the molecule is Cc1c(-c2ccccc2Cl)nc2sc(N3CCC(C)(C(N)OC=O)C3)nn12. The van der Waals surface area contributed by atoms with Crippen molar-refractivity contribution in [2.24, 2.45) is 11.1 Å². The average molecular weight is 406 g/mol. The Morgan fingerprint density at radius 1 is 1.44 bits per heavy atom. The van der Waals surface area contributed by atoms with Crippen molar-refractivity contribution in [3.63, 3.8) is 0 Å². The molecule has 142 valence electrons. The van der Waals surface area contributed by atoms with Crippen LogP contribution in [0.4, 0.5) is 5.13 Å². The van der Waals surface area contributed by atoms with E-state index >= 15 is 0 Å². The van der Waals surface area contributed by atoms with Gasteiger partial charge in [-0.25, -0.2) is 9.50 Å². The minimum absolute atomic E-state index is 0.299. The Bertz CT molecular complexity index is 1000. The molecule has 1 saturated heterocycles. The normalized spacial score (nSPS) is 21.0. The number of rotatable bonds is 5. The van der Waals surface area contributed by atoms with E-state index in [0.29, 0.717) is 18.0 Å². The minimum Gasteiger partial charge on any atom is -0.448 e. The number of hydrogen-bond donors (Lipinski definition) is 1. The predicted molar refractivity (Wildman–Crippen MR) is 106 cm³/mol. The van der Waals surface area contributed by atoms with Crippen molar-refractivity contribution in [3.05, 3.63) is 35.0 Å². The zero-order chi connectivity index (χ0) is 19.2. The van der Waals surface area contributed by atoms with E-state index in [1.54, 1.807) is 0 Å². The van der Waals surface area contributed by atoms with Crippen LogP contribution in [0.5, 0.6) is 0 Å². The quantitative estimate of drug-likeness (QED) is 0.518. The highest BCUT2D eigenvalue weighted by Gasteiger charge is 2.41. The standard InChI is InChI=1S/C18H20ClN5O2S/c1-11-14(12-5-3-4-6-13(12)19)21-16-24(11)22-17(27-16)23-8-7-18(2,9-23)15(20)26-10-25/h3-6,10,15H,7-9,20H2,1-2H3. The van der Waals surface area contributed by atoms with Crippen molar-refractivity contribution in [2.75, 3.05) is 18.0 Å². The van der Waals surface area contributed by atoms with Gasteiger partial charge in [0.25, 0.3) is 6.47 Å². The van der Waals surface area contributed by atoms with E-state index in [1.807, 2.05) is 42.6 Å². The van der Waals surface area contributed by atoms with Gasteiger partial charge in [-0.3, -0.25) is 10.5 Å². The van der Waals surface area contributed by atoms with Gasteiger partial charge in [-0.15, -0.1) is 5.10 Å². The number of anilines is 1. The second kappa shape index (κ2) is 6.78. The van der Waals surface area contributed by atoms with Gasteiger partial charge in [0, 0.05) is 24.1 Å². The van der Waals surface area contributed by atoms with Crippen molar-refractivity contribution in [2.45, 2.75) is 26.5 Å². The third-order valence-corrected chi connectivity index (χ3v) is 6.51. The molecule has 4 rings (SSSR count). The lowest BCUT2D eigenvalue weighted by molar-refractivity contribution is -0.138. The molecule has 2 aromatic heterocycles. The molecule has 3 aromatic rings. The lowest BCUT2D eigenvalue weighted by atomic mass is 9.88. The molecule has 3 heterocycles. The lowest BCUT2D eigenvalue weighted by Gasteiger charge is -2.29. The van der Waals surface area contributed by atoms with Crippen LogP contribution in [-0.2, 0) is 9.53 Å². The molecular formula is C18H20ClN5O2S. The molecule has 0 saturated carbocycles. The van der Waals surface area contributed by atoms with Crippen molar-refractivity contribution in [1.29, 1.82) is 0 Å². The van der Waals surface area contributed by atoms with Crippen molar-refractivity contribution >= 4 is 39.5 Å². The molecule has 0 radical (unpaired) electrons. The summed E-state index contributed by atoms with van der Waals surface area (Å²) in [6.07, 6.45) is 0.200. The van der Waals surface area contributed by atoms with Gasteiger partial charge in [-0.1, -0.05) is 48.1 Å². The van der Waals surface area contributed by atoms with E-state index in [-0.39, 0.29) is 5.41 Å². The number of benzene rings is 1. The van der Waals surface area contributed by atoms with Crippen LogP contribution in [0.15, 0.2) is 24.3 Å². The van der Waals surface area contributed by atoms with Gasteiger partial charge in [0.05, 0.1) is 16.4 Å². The number of carbonyl (C=O) groups excluding carboxylic acids is 1. The number of imidazole rings is 1. The Kier molecular flexibility index (Phi) is 4.57. The predicted octanol–water partition coefficient (Wildman–Crippen LogP) is 3.09. The van der Waals surface area contributed by atoms with Gasteiger partial charge in [-0.05, 0) is 19.4 Å². The topological polar surface area (TPSA) is 85.8 Å². The van der Waals surface area contributed by atoms with Gasteiger partial charge < -0.3 is 9.64 Å². The van der Waals surface area contributed by atoms with Crippen LogP contribution in [-0.4, -0.2) is 40.4 Å². The fourth-order valence-electron chi connectivity index (χ4n) is 3.48. The number of halogens is 1. The molecule has 0 aliphatic carbocycles. The summed E-state index contributed by atoms with van der Waals surface area (Å²) in [7, 11) is 0.